The van der Waals surface area contributed by atoms with Gasteiger partial charge in [-0.15, -0.1) is 0 Å². The highest BCUT2D eigenvalue weighted by atomic mass is 35.5. The lowest BCUT2D eigenvalue weighted by Gasteiger charge is -2.28. The van der Waals surface area contributed by atoms with Crippen molar-refractivity contribution in [1.29, 1.82) is 0 Å². The van der Waals surface area contributed by atoms with Crippen molar-refractivity contribution >= 4 is 23.6 Å². The zero-order chi connectivity index (χ0) is 16.2. The van der Waals surface area contributed by atoms with Crippen LogP contribution in [0, 0.1) is 5.41 Å². The lowest BCUT2D eigenvalue weighted by atomic mass is 9.87. The average Bonchev–Trinajstić information content (AvgIpc) is 2.34. The van der Waals surface area contributed by atoms with Crippen LogP contribution in [0.1, 0.15) is 39.3 Å². The van der Waals surface area contributed by atoms with Crippen LogP contribution in [-0.2, 0) is 4.79 Å². The molecule has 0 saturated carbocycles. The smallest absolute Gasteiger partial charge is 0.326 e. The third-order valence-corrected chi connectivity index (χ3v) is 3.45. The molecule has 21 heavy (non-hydrogen) atoms. The average molecular weight is 313 g/mol. The predicted molar refractivity (Wildman–Crippen MR) is 82.4 cm³/mol. The van der Waals surface area contributed by atoms with Crippen molar-refractivity contribution in [3.8, 4) is 0 Å². The van der Waals surface area contributed by atoms with Crippen molar-refractivity contribution in [3.05, 3.63) is 34.9 Å². The van der Waals surface area contributed by atoms with Crippen LogP contribution in [0.3, 0.4) is 0 Å². The van der Waals surface area contributed by atoms with Crippen LogP contribution in [0.15, 0.2) is 24.3 Å². The molecule has 0 spiro atoms. The summed E-state index contributed by atoms with van der Waals surface area (Å²) in [5, 5.41) is 14.9. The molecular weight excluding hydrogens is 292 g/mol. The van der Waals surface area contributed by atoms with Gasteiger partial charge in [0.2, 0.25) is 0 Å². The largest absolute Gasteiger partial charge is 0.480 e. The molecule has 116 valence electrons. The standard InChI is InChI=1S/C15H21ClN2O3/c1-9(10-7-5-6-8-11(10)16)17-14(21)18-12(13(19)20)15(2,3)4/h5-9,12H,1-4H3,(H,19,20)(H2,17,18,21)/t9?,12-/m0/s1. The van der Waals surface area contributed by atoms with Gasteiger partial charge in [0.15, 0.2) is 0 Å². The molecule has 0 fully saturated rings. The van der Waals surface area contributed by atoms with Gasteiger partial charge in [-0.3, -0.25) is 0 Å². The quantitative estimate of drug-likeness (QED) is 0.799. The highest BCUT2D eigenvalue weighted by Crippen LogP contribution is 2.22. The van der Waals surface area contributed by atoms with E-state index in [2.05, 4.69) is 10.6 Å². The van der Waals surface area contributed by atoms with Gasteiger partial charge in [0.05, 0.1) is 6.04 Å². The zero-order valence-corrected chi connectivity index (χ0v) is 13.4. The molecule has 2 atom stereocenters. The van der Waals surface area contributed by atoms with Gasteiger partial charge < -0.3 is 15.7 Å². The Hall–Kier alpha value is -1.75. The predicted octanol–water partition coefficient (Wildman–Crippen LogP) is 3.20. The maximum absolute atomic E-state index is 12.0. The molecule has 5 nitrogen and oxygen atoms in total. The highest BCUT2D eigenvalue weighted by Gasteiger charge is 2.32. The summed E-state index contributed by atoms with van der Waals surface area (Å²) >= 11 is 6.07. The van der Waals surface area contributed by atoms with Gasteiger partial charge in [0.25, 0.3) is 0 Å². The number of amides is 2. The molecule has 1 rings (SSSR count). The van der Waals surface area contributed by atoms with Gasteiger partial charge in [-0.1, -0.05) is 50.6 Å². The zero-order valence-electron chi connectivity index (χ0n) is 12.6. The van der Waals surface area contributed by atoms with Crippen molar-refractivity contribution in [2.45, 2.75) is 39.8 Å². The first kappa shape index (κ1) is 17.3. The molecule has 0 aromatic heterocycles. The van der Waals surface area contributed by atoms with E-state index in [0.29, 0.717) is 5.02 Å². The number of benzene rings is 1. The van der Waals surface area contributed by atoms with Crippen LogP contribution >= 0.6 is 11.6 Å². The lowest BCUT2D eigenvalue weighted by molar-refractivity contribution is -0.141. The van der Waals surface area contributed by atoms with E-state index < -0.39 is 23.5 Å². The van der Waals surface area contributed by atoms with Crippen LogP contribution in [0.4, 0.5) is 4.79 Å². The Bertz CT molecular complexity index is 526. The maximum Gasteiger partial charge on any atom is 0.326 e. The van der Waals surface area contributed by atoms with Crippen molar-refractivity contribution in [2.24, 2.45) is 5.41 Å². The second-order valence-electron chi connectivity index (χ2n) is 6.00. The molecule has 0 saturated heterocycles. The summed E-state index contributed by atoms with van der Waals surface area (Å²) in [6.45, 7) is 7.05. The molecule has 0 heterocycles. The second-order valence-corrected chi connectivity index (χ2v) is 6.41. The minimum Gasteiger partial charge on any atom is -0.480 e. The number of carbonyl (C=O) groups is 2. The monoisotopic (exact) mass is 312 g/mol. The molecule has 1 aromatic carbocycles. The summed E-state index contributed by atoms with van der Waals surface area (Å²) < 4.78 is 0. The van der Waals surface area contributed by atoms with E-state index in [1.807, 2.05) is 12.1 Å². The molecule has 1 aromatic rings. The molecule has 0 radical (unpaired) electrons. The van der Waals surface area contributed by atoms with E-state index >= 15 is 0 Å². The Morgan fingerprint density at radius 2 is 1.76 bits per heavy atom. The van der Waals surface area contributed by atoms with Crippen LogP contribution < -0.4 is 10.6 Å². The Labute approximate surface area is 129 Å². The van der Waals surface area contributed by atoms with Gasteiger partial charge >= 0.3 is 12.0 Å². The summed E-state index contributed by atoms with van der Waals surface area (Å²) in [5.74, 6) is -1.07. The van der Waals surface area contributed by atoms with Crippen LogP contribution in [0.25, 0.3) is 0 Å². The molecular formula is C15H21ClN2O3. The van der Waals surface area contributed by atoms with Crippen LogP contribution in [0.5, 0.6) is 0 Å². The van der Waals surface area contributed by atoms with Crippen molar-refractivity contribution in [2.75, 3.05) is 0 Å². The first-order valence-electron chi connectivity index (χ1n) is 6.67. The lowest BCUT2D eigenvalue weighted by Crippen LogP contribution is -2.52. The number of halogens is 1. The second kappa shape index (κ2) is 6.80. The number of rotatable bonds is 4. The number of nitrogens with one attached hydrogen (secondary N) is 2. The Morgan fingerprint density at radius 1 is 1.19 bits per heavy atom. The molecule has 2 amide bonds. The fourth-order valence-corrected chi connectivity index (χ4v) is 2.22. The normalized spacial score (nSPS) is 14.1. The first-order valence-corrected chi connectivity index (χ1v) is 7.05. The summed E-state index contributed by atoms with van der Waals surface area (Å²) in [6.07, 6.45) is 0. The molecule has 6 heteroatoms. The number of hydrogen-bond donors (Lipinski definition) is 3. The maximum atomic E-state index is 12.0. The summed E-state index contributed by atoms with van der Waals surface area (Å²) in [6, 6.07) is 5.34. The topological polar surface area (TPSA) is 78.4 Å². The fourth-order valence-electron chi connectivity index (χ4n) is 1.92. The van der Waals surface area contributed by atoms with E-state index in [9.17, 15) is 14.7 Å². The van der Waals surface area contributed by atoms with Crippen molar-refractivity contribution < 1.29 is 14.7 Å². The Morgan fingerprint density at radius 3 is 2.24 bits per heavy atom. The number of carboxylic acids is 1. The summed E-state index contributed by atoms with van der Waals surface area (Å²) in [5.41, 5.74) is 0.188. The number of aliphatic carboxylic acids is 1. The SMILES string of the molecule is CC(NC(=O)N[C@@H](C(=O)O)C(C)(C)C)c1ccccc1Cl. The molecule has 0 bridgehead atoms. The number of hydrogen-bond acceptors (Lipinski definition) is 2. The molecule has 1 unspecified atom stereocenters. The van der Waals surface area contributed by atoms with E-state index in [-0.39, 0.29) is 6.04 Å². The van der Waals surface area contributed by atoms with Crippen molar-refractivity contribution in [3.63, 3.8) is 0 Å². The summed E-state index contributed by atoms with van der Waals surface area (Å²) in [4.78, 5) is 23.2. The van der Waals surface area contributed by atoms with Gasteiger partial charge in [-0.2, -0.15) is 0 Å². The van der Waals surface area contributed by atoms with Crippen molar-refractivity contribution in [1.82, 2.24) is 10.6 Å². The minimum atomic E-state index is -1.07. The van der Waals surface area contributed by atoms with E-state index in [0.717, 1.165) is 5.56 Å². The molecule has 0 aliphatic rings. The Kier molecular flexibility index (Phi) is 5.61. The number of carboxylic acid groups (broad SMARTS) is 1. The van der Waals surface area contributed by atoms with Gasteiger partial charge in [0.1, 0.15) is 6.04 Å². The van der Waals surface area contributed by atoms with E-state index in [1.54, 1.807) is 39.8 Å². The third kappa shape index (κ3) is 4.93. The molecule has 0 aliphatic carbocycles. The van der Waals surface area contributed by atoms with Gasteiger partial charge in [0, 0.05) is 5.02 Å². The highest BCUT2D eigenvalue weighted by molar-refractivity contribution is 6.31. The number of urea groups is 1. The van der Waals surface area contributed by atoms with Gasteiger partial charge in [-0.25, -0.2) is 9.59 Å². The van der Waals surface area contributed by atoms with E-state index in [1.165, 1.54) is 0 Å². The number of carbonyl (C=O) groups excluding carboxylic acids is 1. The van der Waals surface area contributed by atoms with Crippen LogP contribution in [-0.4, -0.2) is 23.1 Å². The fraction of sp³-hybridized carbons (Fsp3) is 0.467. The third-order valence-electron chi connectivity index (χ3n) is 3.11. The summed E-state index contributed by atoms with van der Waals surface area (Å²) in [7, 11) is 0. The van der Waals surface area contributed by atoms with Gasteiger partial charge in [-0.05, 0) is 24.0 Å². The molecule has 3 N–H and O–H groups in total. The van der Waals surface area contributed by atoms with Crippen LogP contribution in [0.2, 0.25) is 5.02 Å². The first-order chi connectivity index (χ1) is 9.62. The van der Waals surface area contributed by atoms with E-state index in [4.69, 9.17) is 11.6 Å². The Balaban J connectivity index is 2.73. The molecule has 0 aliphatic heterocycles. The minimum absolute atomic E-state index is 0.326.